The van der Waals surface area contributed by atoms with E-state index in [0.717, 1.165) is 123 Å². The normalized spacial score (nSPS) is 24.3. The number of halogens is 9. The van der Waals surface area contributed by atoms with Crippen molar-refractivity contribution < 1.29 is 41.3 Å². The number of hydrogen-bond donors (Lipinski definition) is 8. The Balaban J connectivity index is 0.000000151. The van der Waals surface area contributed by atoms with E-state index >= 15 is 0 Å². The summed E-state index contributed by atoms with van der Waals surface area (Å²) in [6.45, 7) is 3.35. The highest BCUT2D eigenvalue weighted by Gasteiger charge is 2.46. The maximum atomic E-state index is 14.6. The molecule has 3 saturated heterocycles. The lowest BCUT2D eigenvalue weighted by Gasteiger charge is -2.45. The van der Waals surface area contributed by atoms with E-state index in [-0.39, 0.29) is 108 Å². The van der Waals surface area contributed by atoms with Gasteiger partial charge < -0.3 is 61.9 Å². The predicted molar refractivity (Wildman–Crippen MR) is 408 cm³/mol. The third-order valence-electron chi connectivity index (χ3n) is 19.1. The van der Waals surface area contributed by atoms with Crippen LogP contribution < -0.4 is 43.0 Å². The molecule has 0 amide bonds. The Morgan fingerprint density at radius 3 is 1.06 bits per heavy atom. The molecule has 7 heterocycles. The standard InChI is InChI=1S/3C20H22ClFN2O.C7H13NO.C7H6O.C6H5ClFN.ClH/c3*1-23-11-14-7-8-15-18(12-5-3-2-4-6-12)24-19-16(20(15)25-14)9-13(21)10-17(19)22;1-8-6-7-4-2-3-5-9-7;8-6-7-4-2-1-3-5-7;7-4-1-2-6(9)5(8)3-4;/h3*2-6,9-10,14-15,18,20,23-24H,7-8,11H2,1H3;3,5,7-8H,2,4,6H2,1H3;1-6H;1-3H,9H2;1H/t2*14-,15+,18+,20+;14-,15+,18-,20+;7-;;;/m1111.../s1. The van der Waals surface area contributed by atoms with Gasteiger partial charge in [0.25, 0.3) is 0 Å². The second-order valence-electron chi connectivity index (χ2n) is 26.0. The number of anilines is 4. The van der Waals surface area contributed by atoms with Gasteiger partial charge in [-0.1, -0.05) is 168 Å². The number of carbonyl (C=O) groups excluding carboxylic acids is 1. The Morgan fingerprint density at radius 1 is 0.431 bits per heavy atom. The lowest BCUT2D eigenvalue weighted by atomic mass is 9.76. The van der Waals surface area contributed by atoms with Crippen molar-refractivity contribution in [1.82, 2.24) is 21.3 Å². The molecule has 22 heteroatoms. The Bertz CT molecular complexity index is 3660. The summed E-state index contributed by atoms with van der Waals surface area (Å²) in [5.41, 5.74) is 13.6. The number of hydrogen-bond acceptors (Lipinski definition) is 13. The van der Waals surface area contributed by atoms with Crippen LogP contribution in [-0.4, -0.2) is 85.1 Å². The van der Waals surface area contributed by atoms with Crippen LogP contribution in [0.3, 0.4) is 0 Å². The summed E-state index contributed by atoms with van der Waals surface area (Å²) in [5, 5.41) is 24.5. The number of aldehydes is 1. The average Bonchev–Trinajstić information content (AvgIpc) is 0.766. The van der Waals surface area contributed by atoms with Crippen LogP contribution in [0.4, 0.5) is 40.3 Å². The summed E-state index contributed by atoms with van der Waals surface area (Å²) >= 11 is 23.8. The molecule has 0 unspecified atom stereocenters. The van der Waals surface area contributed by atoms with Crippen LogP contribution in [0.5, 0.6) is 0 Å². The largest absolute Gasteiger partial charge is 0.497 e. The van der Waals surface area contributed by atoms with Crippen molar-refractivity contribution in [3.63, 3.8) is 0 Å². The van der Waals surface area contributed by atoms with Crippen molar-refractivity contribution >= 4 is 87.8 Å². The molecule has 0 aliphatic carbocycles. The molecule has 3 fully saturated rings. The van der Waals surface area contributed by atoms with Gasteiger partial charge in [0.1, 0.15) is 35.7 Å². The minimum atomic E-state index is -0.470. The van der Waals surface area contributed by atoms with Crippen molar-refractivity contribution in [2.75, 3.05) is 76.1 Å². The Hall–Kier alpha value is -6.94. The zero-order valence-corrected chi connectivity index (χ0v) is 61.4. The number of likely N-dealkylation sites (N-methyl/N-ethyl adjacent to an activating group) is 4. The third-order valence-corrected chi connectivity index (χ3v) is 20.0. The summed E-state index contributed by atoms with van der Waals surface area (Å²) in [7, 11) is 7.72. The lowest BCUT2D eigenvalue weighted by molar-refractivity contribution is -0.0912. The maximum absolute atomic E-state index is 14.6. The summed E-state index contributed by atoms with van der Waals surface area (Å²) in [6, 6.07) is 53.6. The number of nitrogens with one attached hydrogen (secondary N) is 7. The van der Waals surface area contributed by atoms with Crippen LogP contribution in [-0.2, 0) is 18.9 Å². The third kappa shape index (κ3) is 20.7. The van der Waals surface area contributed by atoms with Gasteiger partial charge in [0.2, 0.25) is 0 Å². The fourth-order valence-electron chi connectivity index (χ4n) is 14.5. The minimum Gasteiger partial charge on any atom is -0.497 e. The number of nitrogen functional groups attached to an aromatic ring is 1. The van der Waals surface area contributed by atoms with Gasteiger partial charge in [0.15, 0.2) is 0 Å². The second-order valence-corrected chi connectivity index (χ2v) is 27.8. The van der Waals surface area contributed by atoms with E-state index in [1.807, 2.05) is 119 Å². The zero-order valence-electron chi connectivity index (χ0n) is 57.5. The maximum Gasteiger partial charge on any atom is 0.150 e. The Morgan fingerprint density at radius 2 is 0.765 bits per heavy atom. The van der Waals surface area contributed by atoms with Crippen LogP contribution >= 0.6 is 58.8 Å². The second kappa shape index (κ2) is 39.3. The average molecular weight is 1500 g/mol. The monoisotopic (exact) mass is 1490 g/mol. The molecule has 0 spiro atoms. The van der Waals surface area contributed by atoms with E-state index in [1.54, 1.807) is 24.5 Å². The van der Waals surface area contributed by atoms with E-state index in [9.17, 15) is 22.4 Å². The van der Waals surface area contributed by atoms with Gasteiger partial charge >= 0.3 is 0 Å². The number of fused-ring (bicyclic) bond motifs is 9. The van der Waals surface area contributed by atoms with Crippen molar-refractivity contribution in [3.05, 3.63) is 271 Å². The predicted octanol–water partition coefficient (Wildman–Crippen LogP) is 19.0. The number of ether oxygens (including phenoxy) is 4. The fraction of sp³-hybridized carbons (Fsp3) is 0.362. The fourth-order valence-corrected chi connectivity index (χ4v) is 15.3. The SMILES string of the molecule is CNC[C@H]1CCC=CO1.CNC[C@H]1CC[C@@H]2[C@H](O1)c1cc(Cl)cc(F)c1N[C@H]2c1ccccc1.CNC[C@H]1CC[C@@H]2[C@H](O1)c1cc(Cl)cc(F)c1N[C@H]2c1ccccc1.CNC[C@H]1CC[C@H]2[C@@H](c3ccccc3)Nc3c(F)cc(Cl)cc3[C@H]2O1.Cl.Nc1ccc(Cl)cc1F.O=Cc1ccccc1. The molecule has 8 aromatic rings. The van der Waals surface area contributed by atoms with Gasteiger partial charge in [-0.15, -0.1) is 12.4 Å². The van der Waals surface area contributed by atoms with E-state index in [1.165, 1.54) is 30.3 Å². The topological polar surface area (TPSA) is 164 Å². The van der Waals surface area contributed by atoms with Gasteiger partial charge in [0, 0.05) is 86.3 Å². The smallest absolute Gasteiger partial charge is 0.150 e. The summed E-state index contributed by atoms with van der Waals surface area (Å²) in [6.07, 6.45) is 13.4. The van der Waals surface area contributed by atoms with Gasteiger partial charge in [-0.25, -0.2) is 17.6 Å². The van der Waals surface area contributed by atoms with Crippen LogP contribution in [0.15, 0.2) is 188 Å². The van der Waals surface area contributed by atoms with E-state index in [4.69, 9.17) is 71.1 Å². The first kappa shape index (κ1) is 79.2. The van der Waals surface area contributed by atoms with Crippen LogP contribution in [0, 0.1) is 41.0 Å². The van der Waals surface area contributed by atoms with E-state index < -0.39 is 5.82 Å². The van der Waals surface area contributed by atoms with Crippen molar-refractivity contribution in [2.24, 2.45) is 17.8 Å². The number of rotatable bonds is 12. The van der Waals surface area contributed by atoms with Crippen LogP contribution in [0.1, 0.15) is 132 Å². The summed E-state index contributed by atoms with van der Waals surface area (Å²) in [5.74, 6) is -0.672. The molecule has 0 saturated carbocycles. The minimum absolute atomic E-state index is 0. The number of allylic oxidation sites excluding steroid dienone is 1. The molecule has 13 atom stereocenters. The lowest BCUT2D eigenvalue weighted by Crippen LogP contribution is -2.41. The molecule has 9 N–H and O–H groups in total. The molecule has 0 radical (unpaired) electrons. The van der Waals surface area contributed by atoms with Gasteiger partial charge in [0.05, 0.1) is 83.8 Å². The Kier molecular flexibility index (Phi) is 30.5. The molecule has 102 heavy (non-hydrogen) atoms. The van der Waals surface area contributed by atoms with Crippen molar-refractivity contribution in [2.45, 2.75) is 112 Å². The molecular weight excluding hydrogens is 1410 g/mol. The van der Waals surface area contributed by atoms with E-state index in [2.05, 4.69) is 79.7 Å². The number of carbonyl (C=O) groups is 1. The summed E-state index contributed by atoms with van der Waals surface area (Å²) in [4.78, 5) is 10.0. The van der Waals surface area contributed by atoms with Gasteiger partial charge in [-0.2, -0.15) is 0 Å². The molecule has 13 nitrogen and oxygen atoms in total. The number of nitrogens with two attached hydrogens (primary N) is 1. The first-order valence-electron chi connectivity index (χ1n) is 34.6. The molecule has 15 rings (SSSR count). The first-order chi connectivity index (χ1) is 49.1. The molecule has 544 valence electrons. The van der Waals surface area contributed by atoms with Crippen molar-refractivity contribution in [3.8, 4) is 0 Å². The highest BCUT2D eigenvalue weighted by Crippen LogP contribution is 2.55. The van der Waals surface area contributed by atoms with Crippen LogP contribution in [0.2, 0.25) is 20.1 Å². The molecule has 8 aromatic carbocycles. The first-order valence-corrected chi connectivity index (χ1v) is 36.1. The molecule has 7 aliphatic heterocycles. The molecular formula is C80H91Cl5F4N8O5. The highest BCUT2D eigenvalue weighted by atomic mass is 35.5. The van der Waals surface area contributed by atoms with Crippen molar-refractivity contribution in [1.29, 1.82) is 0 Å². The summed E-state index contributed by atoms with van der Waals surface area (Å²) < 4.78 is 80.6. The number of benzene rings is 8. The quantitative estimate of drug-likeness (QED) is 0.0332. The highest BCUT2D eigenvalue weighted by molar-refractivity contribution is 6.31. The van der Waals surface area contributed by atoms with Gasteiger partial charge in [-0.05, 0) is 157 Å². The Labute approximate surface area is 623 Å². The molecule has 0 aromatic heterocycles. The molecule has 0 bridgehead atoms. The zero-order chi connectivity index (χ0) is 71.4. The van der Waals surface area contributed by atoms with Gasteiger partial charge in [-0.3, -0.25) is 4.79 Å². The molecule has 7 aliphatic rings. The van der Waals surface area contributed by atoms with Crippen LogP contribution in [0.25, 0.3) is 0 Å². The van der Waals surface area contributed by atoms with E-state index in [0.29, 0.717) is 43.3 Å².